The normalized spacial score (nSPS) is 26.3. The molecule has 3 nitrogen and oxygen atoms in total. The summed E-state index contributed by atoms with van der Waals surface area (Å²) in [5.74, 6) is 3.27. The number of hydrogen-bond donors (Lipinski definition) is 0. The minimum atomic E-state index is 0.255. The molecule has 2 fully saturated rings. The van der Waals surface area contributed by atoms with E-state index in [0.717, 1.165) is 51.5 Å². The van der Waals surface area contributed by atoms with Crippen LogP contribution in [-0.2, 0) is 17.8 Å². The van der Waals surface area contributed by atoms with Gasteiger partial charge in [0, 0.05) is 30.8 Å². The van der Waals surface area contributed by atoms with Crippen molar-refractivity contribution in [3.63, 3.8) is 0 Å². The third-order valence-corrected chi connectivity index (χ3v) is 6.89. The Hall–Kier alpha value is -1.00. The highest BCUT2D eigenvalue weighted by atomic mass is 32.2. The second kappa shape index (κ2) is 6.86. The van der Waals surface area contributed by atoms with Crippen LogP contribution in [0.1, 0.15) is 30.4 Å². The van der Waals surface area contributed by atoms with Gasteiger partial charge in [0.15, 0.2) is 0 Å². The summed E-state index contributed by atoms with van der Waals surface area (Å²) in [6, 6.07) is 9.35. The van der Waals surface area contributed by atoms with Gasteiger partial charge in [-0.25, -0.2) is 0 Å². The molecule has 3 heterocycles. The predicted octanol–water partition coefficient (Wildman–Crippen LogP) is 2.79. The number of hydrogen-bond acceptors (Lipinski definition) is 3. The van der Waals surface area contributed by atoms with Crippen LogP contribution >= 0.6 is 11.8 Å². The van der Waals surface area contributed by atoms with Crippen molar-refractivity contribution in [3.05, 3.63) is 35.4 Å². The van der Waals surface area contributed by atoms with Crippen molar-refractivity contribution in [2.75, 3.05) is 31.1 Å². The smallest absolute Gasteiger partial charge is 0.226 e. The van der Waals surface area contributed by atoms with E-state index in [-0.39, 0.29) is 5.92 Å². The molecule has 0 aliphatic carbocycles. The van der Waals surface area contributed by atoms with Gasteiger partial charge in [0.1, 0.15) is 0 Å². The summed E-state index contributed by atoms with van der Waals surface area (Å²) in [5, 5.41) is 0. The summed E-state index contributed by atoms with van der Waals surface area (Å²) in [7, 11) is 0. The van der Waals surface area contributed by atoms with E-state index in [0.29, 0.717) is 5.91 Å². The molecular formula is C19H26N2OS. The molecule has 0 spiro atoms. The first-order valence-electron chi connectivity index (χ1n) is 8.98. The van der Waals surface area contributed by atoms with Gasteiger partial charge in [-0.05, 0) is 55.7 Å². The zero-order chi connectivity index (χ0) is 15.6. The van der Waals surface area contributed by atoms with Gasteiger partial charge in [-0.15, -0.1) is 0 Å². The molecule has 1 unspecified atom stereocenters. The van der Waals surface area contributed by atoms with Gasteiger partial charge in [-0.3, -0.25) is 9.69 Å². The fourth-order valence-corrected chi connectivity index (χ4v) is 5.52. The van der Waals surface area contributed by atoms with E-state index < -0.39 is 0 Å². The number of rotatable bonds is 2. The SMILES string of the molecule is O=C(C1CCN(C2CCSC2)CC1)N1CCc2ccccc2C1. The van der Waals surface area contributed by atoms with Crippen molar-refractivity contribution >= 4 is 17.7 Å². The number of likely N-dealkylation sites (tertiary alicyclic amines) is 1. The van der Waals surface area contributed by atoms with Crippen molar-refractivity contribution in [2.24, 2.45) is 5.92 Å². The Morgan fingerprint density at radius 3 is 2.57 bits per heavy atom. The van der Waals surface area contributed by atoms with E-state index in [4.69, 9.17) is 0 Å². The van der Waals surface area contributed by atoms with Crippen LogP contribution in [0.5, 0.6) is 0 Å². The lowest BCUT2D eigenvalue weighted by molar-refractivity contribution is -0.138. The number of nitrogens with zero attached hydrogens (tertiary/aromatic N) is 2. The highest BCUT2D eigenvalue weighted by Gasteiger charge is 2.33. The van der Waals surface area contributed by atoms with E-state index in [9.17, 15) is 4.79 Å². The molecule has 0 radical (unpaired) electrons. The monoisotopic (exact) mass is 330 g/mol. The van der Waals surface area contributed by atoms with Crippen LogP contribution in [0.2, 0.25) is 0 Å². The standard InChI is InChI=1S/C19H26N2OS/c22-19(21-11-5-15-3-1-2-4-17(15)13-21)16-6-9-20(10-7-16)18-8-12-23-14-18/h1-4,16,18H,5-14H2. The second-order valence-corrected chi connectivity index (χ2v) is 8.26. The first kappa shape index (κ1) is 15.5. The van der Waals surface area contributed by atoms with E-state index in [1.807, 2.05) is 0 Å². The average molecular weight is 330 g/mol. The van der Waals surface area contributed by atoms with Gasteiger partial charge in [0.05, 0.1) is 0 Å². The summed E-state index contributed by atoms with van der Waals surface area (Å²) in [6.45, 7) is 3.95. The van der Waals surface area contributed by atoms with Crippen LogP contribution in [0.3, 0.4) is 0 Å². The fourth-order valence-electron chi connectivity index (χ4n) is 4.26. The lowest BCUT2D eigenvalue weighted by Crippen LogP contribution is -2.46. The molecule has 0 N–H and O–H groups in total. The maximum atomic E-state index is 12.9. The molecule has 23 heavy (non-hydrogen) atoms. The number of thioether (sulfide) groups is 1. The molecule has 0 saturated carbocycles. The molecule has 124 valence electrons. The third kappa shape index (κ3) is 3.29. The third-order valence-electron chi connectivity index (χ3n) is 5.74. The Morgan fingerprint density at radius 2 is 1.83 bits per heavy atom. The Morgan fingerprint density at radius 1 is 1.04 bits per heavy atom. The molecule has 2 saturated heterocycles. The van der Waals surface area contributed by atoms with Gasteiger partial charge < -0.3 is 4.90 Å². The molecule has 1 amide bonds. The highest BCUT2D eigenvalue weighted by Crippen LogP contribution is 2.29. The van der Waals surface area contributed by atoms with Crippen molar-refractivity contribution in [1.82, 2.24) is 9.80 Å². The van der Waals surface area contributed by atoms with Gasteiger partial charge >= 0.3 is 0 Å². The predicted molar refractivity (Wildman–Crippen MR) is 95.6 cm³/mol. The number of carbonyl (C=O) groups is 1. The van der Waals surface area contributed by atoms with E-state index in [2.05, 4.69) is 45.8 Å². The molecule has 0 aromatic heterocycles. The minimum absolute atomic E-state index is 0.255. The number of benzene rings is 1. The molecule has 4 heteroatoms. The first-order chi connectivity index (χ1) is 11.3. The number of fused-ring (bicyclic) bond motifs is 1. The van der Waals surface area contributed by atoms with Crippen LogP contribution < -0.4 is 0 Å². The molecule has 1 atom stereocenters. The number of amides is 1. The Balaban J connectivity index is 1.34. The number of carbonyl (C=O) groups excluding carboxylic acids is 1. The van der Waals surface area contributed by atoms with Crippen LogP contribution in [-0.4, -0.2) is 52.9 Å². The Labute approximate surface area is 143 Å². The van der Waals surface area contributed by atoms with Gasteiger partial charge in [-0.1, -0.05) is 24.3 Å². The van der Waals surface area contributed by atoms with E-state index in [1.54, 1.807) is 0 Å². The zero-order valence-electron chi connectivity index (χ0n) is 13.7. The van der Waals surface area contributed by atoms with Gasteiger partial charge in [0.25, 0.3) is 0 Å². The highest BCUT2D eigenvalue weighted by molar-refractivity contribution is 7.99. The molecule has 4 rings (SSSR count). The molecular weight excluding hydrogens is 304 g/mol. The fraction of sp³-hybridized carbons (Fsp3) is 0.632. The summed E-state index contributed by atoms with van der Waals surface area (Å²) >= 11 is 2.08. The van der Waals surface area contributed by atoms with E-state index in [1.165, 1.54) is 29.1 Å². The summed E-state index contributed by atoms with van der Waals surface area (Å²) in [4.78, 5) is 17.6. The van der Waals surface area contributed by atoms with Crippen LogP contribution in [0.15, 0.2) is 24.3 Å². The molecule has 1 aromatic rings. The summed E-state index contributed by atoms with van der Waals surface area (Å²) in [5.41, 5.74) is 2.76. The first-order valence-corrected chi connectivity index (χ1v) is 10.1. The van der Waals surface area contributed by atoms with Crippen molar-refractivity contribution in [1.29, 1.82) is 0 Å². The van der Waals surface area contributed by atoms with Crippen molar-refractivity contribution in [2.45, 2.75) is 38.3 Å². The van der Waals surface area contributed by atoms with Gasteiger partial charge in [0.2, 0.25) is 5.91 Å². The second-order valence-electron chi connectivity index (χ2n) is 7.11. The lowest BCUT2D eigenvalue weighted by Gasteiger charge is -2.38. The average Bonchev–Trinajstić information content (AvgIpc) is 3.15. The van der Waals surface area contributed by atoms with Crippen molar-refractivity contribution in [3.8, 4) is 0 Å². The quantitative estimate of drug-likeness (QED) is 0.833. The Kier molecular flexibility index (Phi) is 4.63. The summed E-state index contributed by atoms with van der Waals surface area (Å²) < 4.78 is 0. The van der Waals surface area contributed by atoms with Crippen LogP contribution in [0, 0.1) is 5.92 Å². The van der Waals surface area contributed by atoms with Gasteiger partial charge in [-0.2, -0.15) is 11.8 Å². The zero-order valence-corrected chi connectivity index (χ0v) is 14.6. The van der Waals surface area contributed by atoms with Crippen LogP contribution in [0.4, 0.5) is 0 Å². The minimum Gasteiger partial charge on any atom is -0.338 e. The van der Waals surface area contributed by atoms with Crippen LogP contribution in [0.25, 0.3) is 0 Å². The topological polar surface area (TPSA) is 23.6 Å². The molecule has 3 aliphatic heterocycles. The van der Waals surface area contributed by atoms with E-state index >= 15 is 0 Å². The largest absolute Gasteiger partial charge is 0.338 e. The summed E-state index contributed by atoms with van der Waals surface area (Å²) in [6.07, 6.45) is 4.46. The Bertz CT molecular complexity index is 562. The molecule has 1 aromatic carbocycles. The molecule has 0 bridgehead atoms. The maximum Gasteiger partial charge on any atom is 0.226 e. The van der Waals surface area contributed by atoms with Crippen molar-refractivity contribution < 1.29 is 4.79 Å². The maximum absolute atomic E-state index is 12.9. The lowest BCUT2D eigenvalue weighted by atomic mass is 9.92. The number of piperidine rings is 1. The molecule has 3 aliphatic rings.